The average molecular weight is 469 g/mol. The molecule has 0 aliphatic carbocycles. The quantitative estimate of drug-likeness (QED) is 0.374. The number of rotatable bonds is 5. The van der Waals surface area contributed by atoms with Gasteiger partial charge in [0.15, 0.2) is 0 Å². The van der Waals surface area contributed by atoms with Gasteiger partial charge in [-0.2, -0.15) is 0 Å². The van der Waals surface area contributed by atoms with Gasteiger partial charge in [-0.05, 0) is 48.4 Å². The maximum atomic E-state index is 13.3. The molecule has 0 aliphatic rings. The van der Waals surface area contributed by atoms with Crippen LogP contribution in [0, 0.1) is 0 Å². The van der Waals surface area contributed by atoms with Crippen molar-refractivity contribution in [1.29, 1.82) is 0 Å². The van der Waals surface area contributed by atoms with Crippen LogP contribution in [0.1, 0.15) is 13.0 Å². The third-order valence-corrected chi connectivity index (χ3v) is 6.05. The summed E-state index contributed by atoms with van der Waals surface area (Å²) in [4.78, 5) is 26.9. The number of aliphatic hydroxyl groups is 1. The van der Waals surface area contributed by atoms with Crippen molar-refractivity contribution in [2.24, 2.45) is 0 Å². The molecule has 3 aromatic heterocycles. The molecule has 7 heteroatoms. The van der Waals surface area contributed by atoms with Crippen LogP contribution in [-0.2, 0) is 0 Å². The van der Waals surface area contributed by atoms with Crippen LogP contribution in [0.3, 0.4) is 0 Å². The highest BCUT2D eigenvalue weighted by Crippen LogP contribution is 2.30. The Bertz CT molecular complexity index is 1520. The summed E-state index contributed by atoms with van der Waals surface area (Å²) in [7, 11) is 0. The van der Waals surface area contributed by atoms with E-state index >= 15 is 0 Å². The van der Waals surface area contributed by atoms with E-state index in [0.29, 0.717) is 27.3 Å². The molecule has 0 aliphatic heterocycles. The lowest BCUT2D eigenvalue weighted by molar-refractivity contribution is 0.236. The van der Waals surface area contributed by atoms with Crippen molar-refractivity contribution in [3.63, 3.8) is 0 Å². The maximum absolute atomic E-state index is 13.3. The highest BCUT2D eigenvalue weighted by molar-refractivity contribution is 6.30. The van der Waals surface area contributed by atoms with E-state index in [-0.39, 0.29) is 18.2 Å². The molecule has 1 atom stereocenters. The van der Waals surface area contributed by atoms with Crippen LogP contribution < -0.4 is 5.56 Å². The van der Waals surface area contributed by atoms with Crippen LogP contribution in [0.2, 0.25) is 5.02 Å². The fourth-order valence-corrected chi connectivity index (χ4v) is 4.00. The Morgan fingerprint density at radius 3 is 2.29 bits per heavy atom. The van der Waals surface area contributed by atoms with Crippen molar-refractivity contribution in [2.75, 3.05) is 6.61 Å². The Morgan fingerprint density at radius 2 is 1.65 bits per heavy atom. The van der Waals surface area contributed by atoms with Crippen molar-refractivity contribution in [2.45, 2.75) is 13.0 Å². The van der Waals surface area contributed by atoms with Crippen molar-refractivity contribution in [3.05, 3.63) is 101 Å². The first-order valence-electron chi connectivity index (χ1n) is 10.8. The largest absolute Gasteiger partial charge is 0.394 e. The fourth-order valence-electron chi connectivity index (χ4n) is 3.87. The second-order valence-corrected chi connectivity index (χ2v) is 8.50. The van der Waals surface area contributed by atoms with Gasteiger partial charge in [-0.15, -0.1) is 0 Å². The molecule has 2 aromatic carbocycles. The summed E-state index contributed by atoms with van der Waals surface area (Å²) in [5, 5.41) is 10.7. The smallest absolute Gasteiger partial charge is 0.261 e. The molecule has 34 heavy (non-hydrogen) atoms. The monoisotopic (exact) mass is 468 g/mol. The van der Waals surface area contributed by atoms with E-state index in [1.54, 1.807) is 25.4 Å². The van der Waals surface area contributed by atoms with Crippen LogP contribution in [0.4, 0.5) is 0 Å². The normalized spacial score (nSPS) is 12.1. The third-order valence-electron chi connectivity index (χ3n) is 5.80. The lowest BCUT2D eigenvalue weighted by Crippen LogP contribution is -2.25. The number of halogens is 1. The highest BCUT2D eigenvalue weighted by atomic mass is 35.5. The molecule has 0 bridgehead atoms. The molecule has 0 fully saturated rings. The number of fused-ring (bicyclic) bond motifs is 1. The Labute approximate surface area is 201 Å². The third kappa shape index (κ3) is 4.09. The van der Waals surface area contributed by atoms with Gasteiger partial charge in [0.1, 0.15) is 5.52 Å². The molecule has 168 valence electrons. The number of aliphatic hydroxyl groups excluding tert-OH is 1. The molecule has 0 radical (unpaired) electrons. The molecule has 5 rings (SSSR count). The van der Waals surface area contributed by atoms with Crippen LogP contribution in [0.25, 0.3) is 44.5 Å². The van der Waals surface area contributed by atoms with Gasteiger partial charge >= 0.3 is 0 Å². The molecular weight excluding hydrogens is 448 g/mol. The van der Waals surface area contributed by atoms with Gasteiger partial charge in [-0.1, -0.05) is 48.0 Å². The first-order valence-corrected chi connectivity index (χ1v) is 11.2. The van der Waals surface area contributed by atoms with Gasteiger partial charge in [0.25, 0.3) is 5.56 Å². The van der Waals surface area contributed by atoms with E-state index < -0.39 is 0 Å². The Hall–Kier alpha value is -3.87. The van der Waals surface area contributed by atoms with E-state index in [9.17, 15) is 9.90 Å². The number of hydrogen-bond acceptors (Lipinski definition) is 5. The lowest BCUT2D eigenvalue weighted by atomic mass is 10.0. The minimum Gasteiger partial charge on any atom is -0.394 e. The first-order chi connectivity index (χ1) is 16.5. The van der Waals surface area contributed by atoms with Crippen molar-refractivity contribution >= 4 is 22.5 Å². The average Bonchev–Trinajstić information content (AvgIpc) is 2.89. The van der Waals surface area contributed by atoms with Crippen LogP contribution >= 0.6 is 11.6 Å². The second kappa shape index (κ2) is 9.17. The fraction of sp³-hybridized carbons (Fsp3) is 0.111. The zero-order chi connectivity index (χ0) is 23.7. The summed E-state index contributed by atoms with van der Waals surface area (Å²) >= 11 is 6.01. The second-order valence-electron chi connectivity index (χ2n) is 8.07. The first kappa shape index (κ1) is 21.9. The van der Waals surface area contributed by atoms with Crippen molar-refractivity contribution < 1.29 is 5.11 Å². The summed E-state index contributed by atoms with van der Waals surface area (Å²) in [6, 6.07) is 20.8. The van der Waals surface area contributed by atoms with Gasteiger partial charge in [0, 0.05) is 28.5 Å². The molecule has 3 heterocycles. The molecule has 0 spiro atoms. The van der Waals surface area contributed by atoms with E-state index in [0.717, 1.165) is 22.3 Å². The molecule has 5 aromatic rings. The van der Waals surface area contributed by atoms with Crippen molar-refractivity contribution in [1.82, 2.24) is 19.5 Å². The maximum Gasteiger partial charge on any atom is 0.261 e. The predicted octanol–water partition coefficient (Wildman–Crippen LogP) is 5.39. The Kier molecular flexibility index (Phi) is 5.92. The van der Waals surface area contributed by atoms with E-state index in [2.05, 4.69) is 9.97 Å². The summed E-state index contributed by atoms with van der Waals surface area (Å²) < 4.78 is 1.45. The molecule has 0 saturated heterocycles. The zero-order valence-electron chi connectivity index (χ0n) is 18.4. The van der Waals surface area contributed by atoms with Gasteiger partial charge in [-0.3, -0.25) is 14.3 Å². The standard InChI is InChI=1S/C27H21ClN4O2/c1-17(15-33)32-16-30-26-23(27(32)34)13-24(31-25(26)21-3-2-12-29-14-21)20-6-4-18(5-7-20)19-8-10-22(28)11-9-19/h2-14,16-17,33H,15H2,1H3. The Balaban J connectivity index is 1.68. The minimum atomic E-state index is -0.387. The molecule has 1 N–H and O–H groups in total. The molecule has 0 amide bonds. The minimum absolute atomic E-state index is 0.160. The van der Waals surface area contributed by atoms with Crippen molar-refractivity contribution in [3.8, 4) is 33.6 Å². The predicted molar refractivity (Wildman–Crippen MR) is 135 cm³/mol. The topological polar surface area (TPSA) is 80.9 Å². The molecular formula is C27H21ClN4O2. The van der Waals surface area contributed by atoms with Gasteiger partial charge < -0.3 is 5.11 Å². The SMILES string of the molecule is CC(CO)n1cnc2c(-c3cccnc3)nc(-c3ccc(-c4ccc(Cl)cc4)cc3)cc2c1=O. The number of aromatic nitrogens is 4. The zero-order valence-corrected chi connectivity index (χ0v) is 19.1. The van der Waals surface area contributed by atoms with Gasteiger partial charge in [-0.25, -0.2) is 9.97 Å². The van der Waals surface area contributed by atoms with Crippen LogP contribution in [0.15, 0.2) is 90.2 Å². The highest BCUT2D eigenvalue weighted by Gasteiger charge is 2.16. The number of benzene rings is 2. The summed E-state index contributed by atoms with van der Waals surface area (Å²) in [5.41, 5.74) is 5.27. The molecule has 6 nitrogen and oxygen atoms in total. The lowest BCUT2D eigenvalue weighted by Gasteiger charge is -2.14. The molecule has 1 unspecified atom stereocenters. The number of nitrogens with zero attached hydrogens (tertiary/aromatic N) is 4. The number of hydrogen-bond donors (Lipinski definition) is 1. The van der Waals surface area contributed by atoms with Crippen LogP contribution in [-0.4, -0.2) is 31.2 Å². The van der Waals surface area contributed by atoms with Crippen LogP contribution in [0.5, 0.6) is 0 Å². The van der Waals surface area contributed by atoms with Gasteiger partial charge in [0.2, 0.25) is 0 Å². The molecule has 0 saturated carbocycles. The van der Waals surface area contributed by atoms with Gasteiger partial charge in [0.05, 0.1) is 35.8 Å². The Morgan fingerprint density at radius 1 is 0.971 bits per heavy atom. The van der Waals surface area contributed by atoms with E-state index in [4.69, 9.17) is 16.6 Å². The summed E-state index contributed by atoms with van der Waals surface area (Å²) in [5.74, 6) is 0. The number of pyridine rings is 2. The summed E-state index contributed by atoms with van der Waals surface area (Å²) in [6.45, 7) is 1.61. The van der Waals surface area contributed by atoms with E-state index in [1.807, 2.05) is 60.7 Å². The van der Waals surface area contributed by atoms with E-state index in [1.165, 1.54) is 10.9 Å². The summed E-state index contributed by atoms with van der Waals surface area (Å²) in [6.07, 6.45) is 4.86.